The number of amides is 1. The first-order valence-electron chi connectivity index (χ1n) is 7.05. The van der Waals surface area contributed by atoms with Gasteiger partial charge in [-0.3, -0.25) is 10.1 Å². The third kappa shape index (κ3) is 3.86. The van der Waals surface area contributed by atoms with E-state index >= 15 is 0 Å². The maximum absolute atomic E-state index is 12.1. The van der Waals surface area contributed by atoms with Crippen molar-refractivity contribution in [2.45, 2.75) is 33.2 Å². The van der Waals surface area contributed by atoms with Crippen molar-refractivity contribution in [1.82, 2.24) is 10.2 Å². The van der Waals surface area contributed by atoms with Gasteiger partial charge in [0.1, 0.15) is 5.01 Å². The van der Waals surface area contributed by atoms with Gasteiger partial charge >= 0.3 is 0 Å². The summed E-state index contributed by atoms with van der Waals surface area (Å²) in [5.74, 6) is 0.144. The Bertz CT molecular complexity index is 626. The van der Waals surface area contributed by atoms with Crippen LogP contribution in [-0.2, 0) is 4.79 Å². The quantitative estimate of drug-likeness (QED) is 0.887. The molecule has 21 heavy (non-hydrogen) atoms. The summed E-state index contributed by atoms with van der Waals surface area (Å²) in [7, 11) is 0. The lowest BCUT2D eigenvalue weighted by atomic mass is 10.00. The van der Waals surface area contributed by atoms with Crippen molar-refractivity contribution in [3.8, 4) is 10.6 Å². The molecule has 0 saturated heterocycles. The van der Waals surface area contributed by atoms with E-state index in [1.807, 2.05) is 32.0 Å². The number of aryl methyl sites for hydroxylation is 1. The van der Waals surface area contributed by atoms with Gasteiger partial charge in [0, 0.05) is 11.5 Å². The lowest BCUT2D eigenvalue weighted by Gasteiger charge is -2.13. The topological polar surface area (TPSA) is 82.5 Å². The molecule has 0 spiro atoms. The molecule has 112 valence electrons. The van der Waals surface area contributed by atoms with Crippen LogP contribution in [0.25, 0.3) is 10.6 Å². The summed E-state index contributed by atoms with van der Waals surface area (Å²) in [6.07, 6.45) is 0.923. The van der Waals surface area contributed by atoms with Crippen LogP contribution in [0.2, 0.25) is 0 Å². The van der Waals surface area contributed by atoms with Crippen molar-refractivity contribution < 1.29 is 10.5 Å². The van der Waals surface area contributed by atoms with E-state index in [0.717, 1.165) is 17.0 Å². The average Bonchev–Trinajstić information content (AvgIpc) is 2.94. The molecule has 1 heterocycles. The molecule has 1 aromatic carbocycles. The molecule has 2 rings (SSSR count). The largest absolute Gasteiger partial charge is 0.347 e. The smallest absolute Gasteiger partial charge is 0.284 e. The lowest BCUT2D eigenvalue weighted by Crippen LogP contribution is -2.69. The van der Waals surface area contributed by atoms with Crippen LogP contribution in [0.5, 0.6) is 0 Å². The first kappa shape index (κ1) is 15.6. The fourth-order valence-electron chi connectivity index (χ4n) is 1.91. The zero-order valence-electron chi connectivity index (χ0n) is 12.6. The first-order chi connectivity index (χ1) is 10.0. The van der Waals surface area contributed by atoms with Crippen LogP contribution in [0.4, 0.5) is 5.13 Å². The molecular formula is C15H21N4OS+. The Labute approximate surface area is 128 Å². The highest BCUT2D eigenvalue weighted by atomic mass is 32.1. The number of carbonyl (C=O) groups is 1. The Kier molecular flexibility index (Phi) is 5.03. The van der Waals surface area contributed by atoms with Crippen LogP contribution in [0.3, 0.4) is 0 Å². The second-order valence-corrected chi connectivity index (χ2v) is 6.24. The van der Waals surface area contributed by atoms with Gasteiger partial charge in [-0.2, -0.15) is 0 Å². The molecule has 2 aromatic rings. The number of aromatic nitrogens is 2. The van der Waals surface area contributed by atoms with E-state index in [9.17, 15) is 4.79 Å². The zero-order valence-corrected chi connectivity index (χ0v) is 13.4. The van der Waals surface area contributed by atoms with Crippen LogP contribution in [0.15, 0.2) is 24.3 Å². The molecule has 1 amide bonds. The number of benzene rings is 1. The molecule has 0 fully saturated rings. The highest BCUT2D eigenvalue weighted by Crippen LogP contribution is 2.26. The van der Waals surface area contributed by atoms with E-state index in [-0.39, 0.29) is 17.9 Å². The van der Waals surface area contributed by atoms with E-state index < -0.39 is 0 Å². The molecule has 2 atom stereocenters. The summed E-state index contributed by atoms with van der Waals surface area (Å²) in [6, 6.07) is 7.78. The predicted octanol–water partition coefficient (Wildman–Crippen LogP) is 2.11. The second kappa shape index (κ2) is 6.78. The van der Waals surface area contributed by atoms with E-state index in [0.29, 0.717) is 5.13 Å². The van der Waals surface area contributed by atoms with Crippen molar-refractivity contribution >= 4 is 22.4 Å². The Hall–Kier alpha value is -1.79. The Morgan fingerprint density at radius 2 is 2.19 bits per heavy atom. The third-order valence-corrected chi connectivity index (χ3v) is 4.48. The number of carbonyl (C=O) groups excluding carboxylic acids is 1. The number of rotatable bonds is 5. The molecule has 1 aromatic heterocycles. The SMILES string of the molecule is CC[C@@H](C)[C@@H]([NH3+])C(=O)Nc1nnc(-c2cccc(C)c2)s1. The molecule has 0 bridgehead atoms. The fraction of sp³-hybridized carbons (Fsp3) is 0.400. The highest BCUT2D eigenvalue weighted by molar-refractivity contribution is 7.18. The molecule has 0 aliphatic carbocycles. The van der Waals surface area contributed by atoms with Crippen molar-refractivity contribution in [2.24, 2.45) is 5.92 Å². The molecule has 0 aliphatic heterocycles. The number of nitrogens with one attached hydrogen (secondary N) is 1. The molecule has 0 saturated carbocycles. The summed E-state index contributed by atoms with van der Waals surface area (Å²) >= 11 is 1.38. The molecular weight excluding hydrogens is 284 g/mol. The van der Waals surface area contributed by atoms with Gasteiger partial charge in [0.05, 0.1) is 0 Å². The number of quaternary nitrogens is 1. The summed E-state index contributed by atoms with van der Waals surface area (Å²) < 4.78 is 0. The standard InChI is InChI=1S/C15H20N4OS/c1-4-10(3)12(16)13(20)17-15-19-18-14(21-15)11-7-5-6-9(2)8-11/h5-8,10,12H,4,16H2,1-3H3,(H,17,19,20)/p+1/t10-,12-/m1/s1. The van der Waals surface area contributed by atoms with Gasteiger partial charge in [-0.15, -0.1) is 10.2 Å². The zero-order chi connectivity index (χ0) is 15.4. The fourth-order valence-corrected chi connectivity index (χ4v) is 2.65. The van der Waals surface area contributed by atoms with Gasteiger partial charge < -0.3 is 5.73 Å². The van der Waals surface area contributed by atoms with Gasteiger partial charge in [-0.05, 0) is 19.4 Å². The Balaban J connectivity index is 2.08. The normalized spacial score (nSPS) is 13.7. The predicted molar refractivity (Wildman–Crippen MR) is 84.8 cm³/mol. The summed E-state index contributed by atoms with van der Waals surface area (Å²) in [4.78, 5) is 12.1. The molecule has 0 radical (unpaired) electrons. The maximum Gasteiger partial charge on any atom is 0.284 e. The van der Waals surface area contributed by atoms with Crippen LogP contribution >= 0.6 is 11.3 Å². The summed E-state index contributed by atoms with van der Waals surface area (Å²) in [5, 5.41) is 12.3. The van der Waals surface area contributed by atoms with Gasteiger partial charge in [0.15, 0.2) is 6.04 Å². The summed E-state index contributed by atoms with van der Waals surface area (Å²) in [6.45, 7) is 6.11. The van der Waals surface area contributed by atoms with Crippen LogP contribution in [0.1, 0.15) is 25.8 Å². The lowest BCUT2D eigenvalue weighted by molar-refractivity contribution is -0.414. The van der Waals surface area contributed by atoms with E-state index in [2.05, 4.69) is 34.2 Å². The third-order valence-electron chi connectivity index (χ3n) is 3.59. The first-order valence-corrected chi connectivity index (χ1v) is 7.87. The minimum atomic E-state index is -0.277. The van der Waals surface area contributed by atoms with E-state index in [4.69, 9.17) is 0 Å². The summed E-state index contributed by atoms with van der Waals surface area (Å²) in [5.41, 5.74) is 6.11. The minimum Gasteiger partial charge on any atom is -0.347 e. The Morgan fingerprint density at radius 1 is 1.43 bits per heavy atom. The van der Waals surface area contributed by atoms with E-state index in [1.165, 1.54) is 16.9 Å². The number of hydrogen-bond donors (Lipinski definition) is 2. The second-order valence-electron chi connectivity index (χ2n) is 5.26. The van der Waals surface area contributed by atoms with Gasteiger partial charge in [0.2, 0.25) is 5.13 Å². The molecule has 6 heteroatoms. The number of nitrogens with zero attached hydrogens (tertiary/aromatic N) is 2. The van der Waals surface area contributed by atoms with E-state index in [1.54, 1.807) is 0 Å². The van der Waals surface area contributed by atoms with Crippen molar-refractivity contribution in [1.29, 1.82) is 0 Å². The molecule has 0 aliphatic rings. The average molecular weight is 305 g/mol. The van der Waals surface area contributed by atoms with Gasteiger partial charge in [0.25, 0.3) is 5.91 Å². The number of anilines is 1. The van der Waals surface area contributed by atoms with Gasteiger partial charge in [-0.25, -0.2) is 0 Å². The van der Waals surface area contributed by atoms with Crippen LogP contribution < -0.4 is 11.1 Å². The monoisotopic (exact) mass is 305 g/mol. The van der Waals surface area contributed by atoms with Crippen LogP contribution in [0, 0.1) is 12.8 Å². The van der Waals surface area contributed by atoms with Gasteiger partial charge in [-0.1, -0.05) is 48.9 Å². The highest BCUT2D eigenvalue weighted by Gasteiger charge is 2.24. The molecule has 4 N–H and O–H groups in total. The minimum absolute atomic E-state index is 0.101. The van der Waals surface area contributed by atoms with Crippen LogP contribution in [-0.4, -0.2) is 22.1 Å². The Morgan fingerprint density at radius 3 is 2.86 bits per heavy atom. The van der Waals surface area contributed by atoms with Crippen molar-refractivity contribution in [3.63, 3.8) is 0 Å². The van der Waals surface area contributed by atoms with Crippen molar-refractivity contribution in [2.75, 3.05) is 5.32 Å². The molecule has 0 unspecified atom stereocenters. The molecule has 5 nitrogen and oxygen atoms in total. The number of hydrogen-bond acceptors (Lipinski definition) is 4. The maximum atomic E-state index is 12.1. The van der Waals surface area contributed by atoms with Crippen molar-refractivity contribution in [3.05, 3.63) is 29.8 Å².